The van der Waals surface area contributed by atoms with Gasteiger partial charge in [-0.1, -0.05) is 26.0 Å². The molecule has 1 saturated carbocycles. The number of carbonyl (C=O) groups is 1. The lowest BCUT2D eigenvalue weighted by atomic mass is 9.89. The van der Waals surface area contributed by atoms with Crippen LogP contribution in [0.1, 0.15) is 55.5 Å². The van der Waals surface area contributed by atoms with Gasteiger partial charge in [-0.2, -0.15) is 0 Å². The Labute approximate surface area is 109 Å². The number of benzene rings is 1. The molecule has 2 heteroatoms. The number of carbonyl (C=O) groups excluding carboxylic acids is 1. The van der Waals surface area contributed by atoms with Gasteiger partial charge in [-0.3, -0.25) is 0 Å². The number of hydrogen-bond donors (Lipinski definition) is 0. The van der Waals surface area contributed by atoms with Crippen LogP contribution in [0.3, 0.4) is 0 Å². The van der Waals surface area contributed by atoms with Crippen molar-refractivity contribution in [2.45, 2.75) is 52.1 Å². The quantitative estimate of drug-likeness (QED) is 0.754. The SMILES string of the molecule is CCc1ccc(C(=O)OC2CCC(C)CC2)cc1. The largest absolute Gasteiger partial charge is 0.459 e. The van der Waals surface area contributed by atoms with E-state index in [4.69, 9.17) is 4.74 Å². The van der Waals surface area contributed by atoms with Gasteiger partial charge in [0.05, 0.1) is 5.56 Å². The van der Waals surface area contributed by atoms with Gasteiger partial charge in [0.25, 0.3) is 0 Å². The molecule has 1 aromatic rings. The molecule has 0 atom stereocenters. The van der Waals surface area contributed by atoms with Crippen LogP contribution in [0.15, 0.2) is 24.3 Å². The van der Waals surface area contributed by atoms with E-state index in [1.807, 2.05) is 24.3 Å². The van der Waals surface area contributed by atoms with E-state index < -0.39 is 0 Å². The van der Waals surface area contributed by atoms with Gasteiger partial charge in [0.2, 0.25) is 0 Å². The summed E-state index contributed by atoms with van der Waals surface area (Å²) in [6.45, 7) is 4.37. The molecule has 18 heavy (non-hydrogen) atoms. The molecule has 0 heterocycles. The maximum atomic E-state index is 12.0. The van der Waals surface area contributed by atoms with Crippen molar-refractivity contribution in [1.29, 1.82) is 0 Å². The summed E-state index contributed by atoms with van der Waals surface area (Å²) >= 11 is 0. The van der Waals surface area contributed by atoms with E-state index in [1.165, 1.54) is 18.4 Å². The highest BCUT2D eigenvalue weighted by Gasteiger charge is 2.21. The lowest BCUT2D eigenvalue weighted by Crippen LogP contribution is -2.23. The maximum Gasteiger partial charge on any atom is 0.338 e. The maximum absolute atomic E-state index is 12.0. The van der Waals surface area contributed by atoms with Crippen molar-refractivity contribution < 1.29 is 9.53 Å². The first-order valence-corrected chi connectivity index (χ1v) is 6.99. The van der Waals surface area contributed by atoms with Gasteiger partial charge in [0.15, 0.2) is 0 Å². The minimum atomic E-state index is -0.169. The van der Waals surface area contributed by atoms with Crippen LogP contribution < -0.4 is 0 Å². The molecule has 1 fully saturated rings. The summed E-state index contributed by atoms with van der Waals surface area (Å²) in [6.07, 6.45) is 5.49. The van der Waals surface area contributed by atoms with Crippen LogP contribution in [0.2, 0.25) is 0 Å². The molecular formula is C16H22O2. The molecule has 2 rings (SSSR count). The third kappa shape index (κ3) is 3.34. The van der Waals surface area contributed by atoms with Crippen LogP contribution in [0.25, 0.3) is 0 Å². The van der Waals surface area contributed by atoms with E-state index in [-0.39, 0.29) is 12.1 Å². The predicted molar refractivity (Wildman–Crippen MR) is 72.7 cm³/mol. The van der Waals surface area contributed by atoms with E-state index >= 15 is 0 Å². The fraction of sp³-hybridized carbons (Fsp3) is 0.562. The molecule has 0 N–H and O–H groups in total. The van der Waals surface area contributed by atoms with Crippen molar-refractivity contribution in [3.63, 3.8) is 0 Å². The number of hydrogen-bond acceptors (Lipinski definition) is 2. The third-order valence-corrected chi connectivity index (χ3v) is 3.83. The van der Waals surface area contributed by atoms with Crippen molar-refractivity contribution in [1.82, 2.24) is 0 Å². The van der Waals surface area contributed by atoms with Crippen LogP contribution in [0.5, 0.6) is 0 Å². The van der Waals surface area contributed by atoms with E-state index in [0.29, 0.717) is 5.56 Å². The number of esters is 1. The minimum Gasteiger partial charge on any atom is -0.459 e. The summed E-state index contributed by atoms with van der Waals surface area (Å²) in [4.78, 5) is 12.0. The Morgan fingerprint density at radius 1 is 1.17 bits per heavy atom. The average Bonchev–Trinajstić information content (AvgIpc) is 2.41. The molecule has 0 saturated heterocycles. The lowest BCUT2D eigenvalue weighted by Gasteiger charge is -2.25. The topological polar surface area (TPSA) is 26.3 Å². The van der Waals surface area contributed by atoms with Crippen molar-refractivity contribution in [2.75, 3.05) is 0 Å². The fourth-order valence-electron chi connectivity index (χ4n) is 2.44. The molecular weight excluding hydrogens is 224 g/mol. The molecule has 2 nitrogen and oxygen atoms in total. The highest BCUT2D eigenvalue weighted by molar-refractivity contribution is 5.89. The van der Waals surface area contributed by atoms with Crippen molar-refractivity contribution in [2.24, 2.45) is 5.92 Å². The highest BCUT2D eigenvalue weighted by atomic mass is 16.5. The third-order valence-electron chi connectivity index (χ3n) is 3.83. The standard InChI is InChI=1S/C16H22O2/c1-3-13-6-8-14(9-7-13)16(17)18-15-10-4-12(2)5-11-15/h6-9,12,15H,3-5,10-11H2,1-2H3. The Kier molecular flexibility index (Phi) is 4.40. The Hall–Kier alpha value is -1.31. The summed E-state index contributed by atoms with van der Waals surface area (Å²) in [7, 11) is 0. The Bertz CT molecular complexity index is 386. The summed E-state index contributed by atoms with van der Waals surface area (Å²) in [6, 6.07) is 7.73. The Morgan fingerprint density at radius 3 is 2.33 bits per heavy atom. The highest BCUT2D eigenvalue weighted by Crippen LogP contribution is 2.26. The van der Waals surface area contributed by atoms with E-state index in [1.54, 1.807) is 0 Å². The van der Waals surface area contributed by atoms with Crippen LogP contribution in [0.4, 0.5) is 0 Å². The zero-order valence-corrected chi connectivity index (χ0v) is 11.3. The summed E-state index contributed by atoms with van der Waals surface area (Å²) in [5.74, 6) is 0.612. The molecule has 0 aliphatic heterocycles. The normalized spacial score (nSPS) is 23.7. The molecule has 98 valence electrons. The Morgan fingerprint density at radius 2 is 1.78 bits per heavy atom. The number of rotatable bonds is 3. The second-order valence-electron chi connectivity index (χ2n) is 5.34. The summed E-state index contributed by atoms with van der Waals surface area (Å²) < 4.78 is 5.56. The monoisotopic (exact) mass is 246 g/mol. The van der Waals surface area contributed by atoms with Crippen molar-refractivity contribution in [3.05, 3.63) is 35.4 Å². The van der Waals surface area contributed by atoms with Gasteiger partial charge >= 0.3 is 5.97 Å². The minimum absolute atomic E-state index is 0.125. The zero-order valence-electron chi connectivity index (χ0n) is 11.3. The van der Waals surface area contributed by atoms with Crippen molar-refractivity contribution >= 4 is 5.97 Å². The van der Waals surface area contributed by atoms with Crippen LogP contribution in [0, 0.1) is 5.92 Å². The zero-order chi connectivity index (χ0) is 13.0. The van der Waals surface area contributed by atoms with Gasteiger partial charge in [-0.15, -0.1) is 0 Å². The predicted octanol–water partition coefficient (Wildman–Crippen LogP) is 3.98. The second-order valence-corrected chi connectivity index (χ2v) is 5.34. The van der Waals surface area contributed by atoms with Crippen molar-refractivity contribution in [3.8, 4) is 0 Å². The number of aryl methyl sites for hydroxylation is 1. The smallest absolute Gasteiger partial charge is 0.338 e. The molecule has 0 unspecified atom stereocenters. The molecule has 0 spiro atoms. The summed E-state index contributed by atoms with van der Waals surface area (Å²) in [5.41, 5.74) is 1.92. The molecule has 1 aromatic carbocycles. The second kappa shape index (κ2) is 6.03. The first-order valence-electron chi connectivity index (χ1n) is 6.99. The first kappa shape index (κ1) is 13.1. The van der Waals surface area contributed by atoms with E-state index in [9.17, 15) is 4.79 Å². The van der Waals surface area contributed by atoms with Crippen LogP contribution in [-0.2, 0) is 11.2 Å². The van der Waals surface area contributed by atoms with E-state index in [0.717, 1.165) is 25.2 Å². The van der Waals surface area contributed by atoms with Gasteiger partial charge in [-0.25, -0.2) is 4.79 Å². The number of ether oxygens (including phenoxy) is 1. The first-order chi connectivity index (χ1) is 8.69. The molecule has 0 radical (unpaired) electrons. The van der Waals surface area contributed by atoms with Gasteiger partial charge in [0.1, 0.15) is 6.10 Å². The van der Waals surface area contributed by atoms with Crippen LogP contribution in [-0.4, -0.2) is 12.1 Å². The van der Waals surface area contributed by atoms with Gasteiger partial charge < -0.3 is 4.74 Å². The molecule has 1 aliphatic rings. The fourth-order valence-corrected chi connectivity index (χ4v) is 2.44. The molecule has 0 amide bonds. The average molecular weight is 246 g/mol. The summed E-state index contributed by atoms with van der Waals surface area (Å²) in [5, 5.41) is 0. The molecule has 0 bridgehead atoms. The Balaban J connectivity index is 1.90. The van der Waals surface area contributed by atoms with Gasteiger partial charge in [0, 0.05) is 0 Å². The molecule has 1 aliphatic carbocycles. The van der Waals surface area contributed by atoms with Crippen LogP contribution >= 0.6 is 0 Å². The van der Waals surface area contributed by atoms with Gasteiger partial charge in [-0.05, 0) is 55.7 Å². The lowest BCUT2D eigenvalue weighted by molar-refractivity contribution is 0.0174. The van der Waals surface area contributed by atoms with E-state index in [2.05, 4.69) is 13.8 Å². The molecule has 0 aromatic heterocycles.